The Kier molecular flexibility index (Phi) is 12.2. The van der Waals surface area contributed by atoms with E-state index in [1.54, 1.807) is 0 Å². The maximum Gasteiger partial charge on any atom is 0.0726 e. The lowest BCUT2D eigenvalue weighted by Gasteiger charge is -2.33. The van der Waals surface area contributed by atoms with E-state index in [0.29, 0.717) is 0 Å². The molecule has 0 heterocycles. The monoisotopic (exact) mass is 1230 g/mol. The van der Waals surface area contributed by atoms with E-state index in [2.05, 4.69) is 366 Å². The van der Waals surface area contributed by atoms with Crippen molar-refractivity contribution in [3.63, 3.8) is 0 Å². The van der Waals surface area contributed by atoms with Crippen molar-refractivity contribution in [1.29, 1.82) is 0 Å². The van der Waals surface area contributed by atoms with E-state index in [-0.39, 0.29) is 10.8 Å². The number of anilines is 6. The molecule has 0 aromatic heterocycles. The summed E-state index contributed by atoms with van der Waals surface area (Å²) in [5, 5.41) is 0. The average Bonchev–Trinajstić information content (AvgIpc) is 1.52. The quantitative estimate of drug-likeness (QED) is 0.142. The first-order valence-electron chi connectivity index (χ1n) is 34.1. The zero-order valence-electron chi connectivity index (χ0n) is 54.7. The summed E-state index contributed by atoms with van der Waals surface area (Å²) in [6.07, 6.45) is 0.935. The molecule has 0 fully saturated rings. The van der Waals surface area contributed by atoms with Crippen LogP contribution in [0.1, 0.15) is 99.5 Å². The van der Waals surface area contributed by atoms with Crippen LogP contribution < -0.4 is 9.80 Å². The molecule has 5 aliphatic rings. The van der Waals surface area contributed by atoms with Gasteiger partial charge in [-0.1, -0.05) is 269 Å². The molecule has 0 radical (unpaired) electrons. The molecule has 5 aliphatic carbocycles. The molecule has 1 atom stereocenters. The second-order valence-electron chi connectivity index (χ2n) is 28.3. The summed E-state index contributed by atoms with van der Waals surface area (Å²) in [4.78, 5) is 5.09. The summed E-state index contributed by atoms with van der Waals surface area (Å²) in [6.45, 7) is 11.9. The van der Waals surface area contributed by atoms with E-state index in [1.807, 2.05) is 0 Å². The molecule has 2 nitrogen and oxygen atoms in total. The smallest absolute Gasteiger partial charge is 0.0726 e. The fourth-order valence-electron chi connectivity index (χ4n) is 18.7. The highest BCUT2D eigenvalue weighted by Gasteiger charge is 2.54. The molecule has 19 rings (SSSR count). The van der Waals surface area contributed by atoms with E-state index in [4.69, 9.17) is 0 Å². The topological polar surface area (TPSA) is 6.48 Å². The van der Waals surface area contributed by atoms with Gasteiger partial charge in [0.2, 0.25) is 0 Å². The molecule has 96 heavy (non-hydrogen) atoms. The highest BCUT2D eigenvalue weighted by atomic mass is 15.1. The summed E-state index contributed by atoms with van der Waals surface area (Å²) in [7, 11) is 0. The maximum absolute atomic E-state index is 2.55. The lowest BCUT2D eigenvalue weighted by Crippen LogP contribution is -2.26. The van der Waals surface area contributed by atoms with Crippen LogP contribution in [0.2, 0.25) is 0 Å². The first kappa shape index (κ1) is 56.2. The minimum Gasteiger partial charge on any atom is -0.310 e. The van der Waals surface area contributed by atoms with Gasteiger partial charge in [0.15, 0.2) is 0 Å². The molecule has 0 N–H and O–H groups in total. The first-order chi connectivity index (χ1) is 47.0. The number of rotatable bonds is 9. The predicted octanol–water partition coefficient (Wildman–Crippen LogP) is 24.3. The molecule has 0 saturated carbocycles. The van der Waals surface area contributed by atoms with Gasteiger partial charge in [-0.15, -0.1) is 0 Å². The Hall–Kier alpha value is -11.3. The molecule has 0 amide bonds. The Morgan fingerprint density at radius 1 is 0.229 bits per heavy atom. The highest BCUT2D eigenvalue weighted by molar-refractivity contribution is 5.99. The lowest BCUT2D eigenvalue weighted by atomic mass is 9.70. The van der Waals surface area contributed by atoms with Crippen molar-refractivity contribution >= 4 is 34.1 Å². The molecular formula is C94H70N2. The summed E-state index contributed by atoms with van der Waals surface area (Å²) >= 11 is 0. The molecule has 0 saturated heterocycles. The van der Waals surface area contributed by atoms with Crippen LogP contribution in [0, 0.1) is 13.8 Å². The van der Waals surface area contributed by atoms with Gasteiger partial charge >= 0.3 is 0 Å². The van der Waals surface area contributed by atoms with E-state index >= 15 is 0 Å². The zero-order chi connectivity index (χ0) is 64.2. The van der Waals surface area contributed by atoms with Crippen LogP contribution in [0.15, 0.2) is 322 Å². The van der Waals surface area contributed by atoms with E-state index in [1.165, 1.54) is 139 Å². The molecule has 456 valence electrons. The van der Waals surface area contributed by atoms with Crippen LogP contribution in [0.4, 0.5) is 34.1 Å². The van der Waals surface area contributed by atoms with Gasteiger partial charge in [0, 0.05) is 39.5 Å². The van der Waals surface area contributed by atoms with Crippen molar-refractivity contribution in [2.75, 3.05) is 9.80 Å². The van der Waals surface area contributed by atoms with Crippen molar-refractivity contribution in [3.05, 3.63) is 394 Å². The SMILES string of the molecule is Cc1ccc(N(c2cccc(C3(C)CC(C)(C)c4cc(N(c5ccc(C)c(-c6ccccc6)c5)c5ccc6c(c5)C5(c7ccccc7-c7ccccc75)c5ccccc5-6)ccc43)c2)c2ccc3c(c2)C2(c4ccccc4-c4ccccc42)c2ccccc2-3)cc1-c1ccccc1. The largest absolute Gasteiger partial charge is 0.310 e. The number of nitrogens with zero attached hydrogens (tertiary/aromatic N) is 2. The van der Waals surface area contributed by atoms with E-state index < -0.39 is 10.8 Å². The van der Waals surface area contributed by atoms with Gasteiger partial charge in [-0.05, 0) is 238 Å². The van der Waals surface area contributed by atoms with Crippen molar-refractivity contribution in [1.82, 2.24) is 0 Å². The summed E-state index contributed by atoms with van der Waals surface area (Å²) < 4.78 is 0. The van der Waals surface area contributed by atoms with Crippen LogP contribution in [-0.4, -0.2) is 0 Å². The third kappa shape index (κ3) is 7.81. The van der Waals surface area contributed by atoms with Gasteiger partial charge in [0.05, 0.1) is 10.8 Å². The molecule has 1 unspecified atom stereocenters. The van der Waals surface area contributed by atoms with Crippen molar-refractivity contribution in [2.45, 2.75) is 62.7 Å². The number of fused-ring (bicyclic) bond motifs is 21. The Balaban J connectivity index is 0.778. The molecule has 0 aliphatic heterocycles. The van der Waals surface area contributed by atoms with Gasteiger partial charge in [-0.25, -0.2) is 0 Å². The minimum atomic E-state index is -0.487. The zero-order valence-corrected chi connectivity index (χ0v) is 54.7. The number of hydrogen-bond donors (Lipinski definition) is 0. The molecular weight excluding hydrogens is 1160 g/mol. The van der Waals surface area contributed by atoms with Gasteiger partial charge in [-0.2, -0.15) is 0 Å². The fraction of sp³-hybridized carbons (Fsp3) is 0.106. The molecule has 2 heteroatoms. The third-order valence-electron chi connectivity index (χ3n) is 22.7. The Morgan fingerprint density at radius 3 is 0.938 bits per heavy atom. The second kappa shape index (κ2) is 20.8. The molecule has 14 aromatic rings. The first-order valence-corrected chi connectivity index (χ1v) is 34.1. The van der Waals surface area contributed by atoms with Crippen molar-refractivity contribution < 1.29 is 0 Å². The third-order valence-corrected chi connectivity index (χ3v) is 22.7. The van der Waals surface area contributed by atoms with E-state index in [0.717, 1.165) is 40.5 Å². The van der Waals surface area contributed by atoms with Gasteiger partial charge in [0.25, 0.3) is 0 Å². The number of hydrogen-bond acceptors (Lipinski definition) is 2. The Morgan fingerprint density at radius 2 is 0.542 bits per heavy atom. The Bertz CT molecular complexity index is 5430. The standard InChI is InChI=1S/C94H70N2/c1-60-43-45-66(54-79(60)62-25-8-6-9-26-62)95(68-47-50-77-75-35-16-22-41-85(75)93(88(77)56-68)81-37-18-12-31-71(81)72-32-13-19-38-82(72)93)65-30-24-29-64(53-65)92(5)59-91(3,4)90-58-70(49-52-87(90)92)96(67-46-44-61(2)80(55-67)63-27-10-7-11-28-63)69-48-51-78-76-36-17-23-42-86(76)94(89(78)57-69)83-39-20-14-33-73(83)74-34-15-21-40-84(74)94/h6-58H,59H2,1-5H3. The van der Waals surface area contributed by atoms with Gasteiger partial charge < -0.3 is 9.80 Å². The number of benzene rings is 14. The van der Waals surface area contributed by atoms with Crippen LogP contribution >= 0.6 is 0 Å². The van der Waals surface area contributed by atoms with Crippen LogP contribution in [0.3, 0.4) is 0 Å². The molecule has 14 aromatic carbocycles. The molecule has 2 spiro atoms. The fourth-order valence-corrected chi connectivity index (χ4v) is 18.7. The second-order valence-corrected chi connectivity index (χ2v) is 28.3. The summed E-state index contributed by atoms with van der Waals surface area (Å²) in [5.74, 6) is 0. The lowest BCUT2D eigenvalue weighted by molar-refractivity contribution is 0.425. The van der Waals surface area contributed by atoms with Crippen LogP contribution in [0.25, 0.3) is 66.8 Å². The van der Waals surface area contributed by atoms with Crippen LogP contribution in [0.5, 0.6) is 0 Å². The van der Waals surface area contributed by atoms with Gasteiger partial charge in [-0.3, -0.25) is 0 Å². The number of aryl methyl sites for hydroxylation is 2. The normalized spacial score (nSPS) is 16.0. The predicted molar refractivity (Wildman–Crippen MR) is 399 cm³/mol. The highest BCUT2D eigenvalue weighted by Crippen LogP contribution is 2.66. The van der Waals surface area contributed by atoms with Crippen molar-refractivity contribution in [3.8, 4) is 66.8 Å². The van der Waals surface area contributed by atoms with E-state index in [9.17, 15) is 0 Å². The maximum atomic E-state index is 2.55. The Labute approximate surface area is 563 Å². The summed E-state index contributed by atoms with van der Waals surface area (Å²) in [6, 6.07) is 122. The average molecular weight is 1230 g/mol. The van der Waals surface area contributed by atoms with Crippen molar-refractivity contribution in [2.24, 2.45) is 0 Å². The van der Waals surface area contributed by atoms with Crippen LogP contribution in [-0.2, 0) is 21.7 Å². The molecule has 0 bridgehead atoms. The summed E-state index contributed by atoms with van der Waals surface area (Å²) in [5.41, 5.74) is 37.8. The minimum absolute atomic E-state index is 0.191. The van der Waals surface area contributed by atoms with Gasteiger partial charge in [0.1, 0.15) is 0 Å².